The average Bonchev–Trinajstić information content (AvgIpc) is 4.19. The smallest absolute Gasteiger partial charge is 0.187 e. The van der Waals surface area contributed by atoms with Gasteiger partial charge in [0, 0.05) is 60.5 Å². The molecule has 0 N–H and O–H groups in total. The standard InChI is InChI=1S/C68H37N9/c1-71-48-15-11-13-43(35-48)59-39-60(74-68(73-59)44-14-12-16-49(36-44)72-2)67-46(40-69)33-45(34-47(67)41-70)42-25-27-50(28-26-42)75-65-31-29-51(76-61-21-7-3-17-53(61)54-18-4-8-22-62(54)76)37-57(65)58-38-52(30-32-66(58)75)77-63-23-9-5-19-55(63)56-20-6-10-24-64(56)77/h3-39H. The van der Waals surface area contributed by atoms with E-state index in [1.165, 1.54) is 21.5 Å². The van der Waals surface area contributed by atoms with Crippen molar-refractivity contribution < 1.29 is 0 Å². The third-order valence-corrected chi connectivity index (χ3v) is 14.7. The van der Waals surface area contributed by atoms with Crippen molar-refractivity contribution in [2.45, 2.75) is 0 Å². The first-order valence-electron chi connectivity index (χ1n) is 25.0. The van der Waals surface area contributed by atoms with E-state index in [4.69, 9.17) is 23.1 Å². The summed E-state index contributed by atoms with van der Waals surface area (Å²) < 4.78 is 7.04. The molecule has 0 saturated carbocycles. The highest BCUT2D eigenvalue weighted by Crippen LogP contribution is 2.41. The van der Waals surface area contributed by atoms with E-state index < -0.39 is 0 Å². The molecule has 77 heavy (non-hydrogen) atoms. The molecule has 0 amide bonds. The van der Waals surface area contributed by atoms with E-state index in [9.17, 15) is 10.5 Å². The van der Waals surface area contributed by atoms with Crippen molar-refractivity contribution in [2.24, 2.45) is 0 Å². The number of hydrogen-bond donors (Lipinski definition) is 0. The Kier molecular flexibility index (Phi) is 10.2. The first-order valence-corrected chi connectivity index (χ1v) is 25.0. The molecule has 354 valence electrons. The summed E-state index contributed by atoms with van der Waals surface area (Å²) in [6.45, 7) is 15.3. The zero-order chi connectivity index (χ0) is 51.7. The largest absolute Gasteiger partial charge is 0.309 e. The van der Waals surface area contributed by atoms with Crippen molar-refractivity contribution in [3.8, 4) is 74.2 Å². The summed E-state index contributed by atoms with van der Waals surface area (Å²) in [5, 5.41) is 28.7. The zero-order valence-corrected chi connectivity index (χ0v) is 40.9. The number of nitriles is 2. The quantitative estimate of drug-likeness (QED) is 0.149. The molecule has 9 nitrogen and oxygen atoms in total. The van der Waals surface area contributed by atoms with Crippen LogP contribution in [0.15, 0.2) is 224 Å². The van der Waals surface area contributed by atoms with Gasteiger partial charge in [-0.05, 0) is 120 Å². The van der Waals surface area contributed by atoms with Crippen LogP contribution in [0.25, 0.3) is 137 Å². The summed E-state index contributed by atoms with van der Waals surface area (Å²) in [4.78, 5) is 17.0. The van der Waals surface area contributed by atoms with Gasteiger partial charge < -0.3 is 13.7 Å². The predicted molar refractivity (Wildman–Crippen MR) is 309 cm³/mol. The summed E-state index contributed by atoms with van der Waals surface area (Å²) in [6, 6.07) is 80.4. The van der Waals surface area contributed by atoms with E-state index in [2.05, 4.69) is 181 Å². The maximum absolute atomic E-state index is 10.8. The van der Waals surface area contributed by atoms with Crippen molar-refractivity contribution >= 4 is 76.8 Å². The molecule has 0 saturated heterocycles. The van der Waals surface area contributed by atoms with Crippen LogP contribution >= 0.6 is 0 Å². The van der Waals surface area contributed by atoms with Gasteiger partial charge in [0.2, 0.25) is 0 Å². The number of para-hydroxylation sites is 4. The fourth-order valence-corrected chi connectivity index (χ4v) is 11.3. The number of benzene rings is 10. The minimum Gasteiger partial charge on any atom is -0.309 e. The highest BCUT2D eigenvalue weighted by Gasteiger charge is 2.22. The highest BCUT2D eigenvalue weighted by atomic mass is 15.0. The van der Waals surface area contributed by atoms with Gasteiger partial charge >= 0.3 is 0 Å². The topological polar surface area (TPSA) is 96.9 Å². The Labute approximate surface area is 441 Å². The lowest BCUT2D eigenvalue weighted by molar-refractivity contribution is 1.16. The van der Waals surface area contributed by atoms with Crippen LogP contribution in [0.2, 0.25) is 0 Å². The molecule has 0 spiro atoms. The SMILES string of the molecule is [C-]#[N+]c1cccc(-c2cc(-c3c(C#N)cc(-c4ccc(-n5c6ccc(-n7c8ccccc8c8ccccc87)cc6c6cc(-n7c8ccccc8c8ccccc87)ccc65)cc4)cc3C#N)nc(-c3cccc([N+]#[C-])c3)n2)c1. The van der Waals surface area contributed by atoms with Crippen molar-refractivity contribution in [1.82, 2.24) is 23.7 Å². The van der Waals surface area contributed by atoms with Gasteiger partial charge in [-0.3, -0.25) is 0 Å². The minimum absolute atomic E-state index is 0.268. The molecule has 0 atom stereocenters. The summed E-state index contributed by atoms with van der Waals surface area (Å²) in [7, 11) is 0. The second kappa shape index (κ2) is 17.7. The van der Waals surface area contributed by atoms with Crippen LogP contribution in [-0.2, 0) is 0 Å². The molecule has 9 heteroatoms. The second-order valence-corrected chi connectivity index (χ2v) is 19.0. The molecule has 0 aliphatic carbocycles. The Morgan fingerprint density at radius 1 is 0.338 bits per heavy atom. The van der Waals surface area contributed by atoms with Crippen LogP contribution in [-0.4, -0.2) is 23.7 Å². The summed E-state index contributed by atoms with van der Waals surface area (Å²) >= 11 is 0. The van der Waals surface area contributed by atoms with E-state index in [0.29, 0.717) is 50.8 Å². The van der Waals surface area contributed by atoms with Gasteiger partial charge in [0.25, 0.3) is 0 Å². The van der Waals surface area contributed by atoms with Crippen molar-refractivity contribution in [2.75, 3.05) is 0 Å². The molecule has 0 bridgehead atoms. The Morgan fingerprint density at radius 2 is 0.753 bits per heavy atom. The van der Waals surface area contributed by atoms with Crippen molar-refractivity contribution in [3.05, 3.63) is 258 Å². The van der Waals surface area contributed by atoms with Gasteiger partial charge in [-0.25, -0.2) is 19.7 Å². The van der Waals surface area contributed by atoms with Gasteiger partial charge in [-0.1, -0.05) is 121 Å². The maximum Gasteiger partial charge on any atom is 0.187 e. The third kappa shape index (κ3) is 7.13. The highest BCUT2D eigenvalue weighted by molar-refractivity contribution is 6.14. The Morgan fingerprint density at radius 3 is 1.23 bits per heavy atom. The number of fused-ring (bicyclic) bond motifs is 9. The molecule has 10 aromatic carbocycles. The molecular weight excluding hydrogens is 943 g/mol. The fourth-order valence-electron chi connectivity index (χ4n) is 11.3. The summed E-state index contributed by atoms with van der Waals surface area (Å²) in [6.07, 6.45) is 0. The Bertz CT molecular complexity index is 4600. The molecule has 0 aliphatic rings. The molecule has 14 aromatic rings. The molecule has 0 fully saturated rings. The number of rotatable bonds is 7. The lowest BCUT2D eigenvalue weighted by Crippen LogP contribution is -2.00. The van der Waals surface area contributed by atoms with Crippen LogP contribution in [0.4, 0.5) is 11.4 Å². The molecule has 4 heterocycles. The molecule has 0 radical (unpaired) electrons. The van der Waals surface area contributed by atoms with Crippen molar-refractivity contribution in [3.63, 3.8) is 0 Å². The van der Waals surface area contributed by atoms with Crippen LogP contribution < -0.4 is 0 Å². The van der Waals surface area contributed by atoms with Crippen molar-refractivity contribution in [1.29, 1.82) is 10.5 Å². The minimum atomic E-state index is 0.268. The normalized spacial score (nSPS) is 11.3. The zero-order valence-electron chi connectivity index (χ0n) is 40.9. The van der Waals surface area contributed by atoms with Gasteiger partial charge in [0.1, 0.15) is 0 Å². The molecule has 4 aromatic heterocycles. The second-order valence-electron chi connectivity index (χ2n) is 19.0. The lowest BCUT2D eigenvalue weighted by Gasteiger charge is -2.14. The predicted octanol–water partition coefficient (Wildman–Crippen LogP) is 17.3. The number of aromatic nitrogens is 5. The van der Waals surface area contributed by atoms with Crippen LogP contribution in [0.3, 0.4) is 0 Å². The first kappa shape index (κ1) is 44.3. The van der Waals surface area contributed by atoms with Gasteiger partial charge in [-0.2, -0.15) is 10.5 Å². The van der Waals surface area contributed by atoms with E-state index in [1.54, 1.807) is 54.6 Å². The van der Waals surface area contributed by atoms with Gasteiger partial charge in [-0.15, -0.1) is 0 Å². The molecule has 0 unspecified atom stereocenters. The molecule has 0 aliphatic heterocycles. The van der Waals surface area contributed by atoms with Crippen LogP contribution in [0.5, 0.6) is 0 Å². The van der Waals surface area contributed by atoms with E-state index in [-0.39, 0.29) is 11.1 Å². The maximum atomic E-state index is 10.8. The molecular formula is C68H37N9. The Hall–Kier alpha value is -11.4. The van der Waals surface area contributed by atoms with Crippen LogP contribution in [0, 0.1) is 35.8 Å². The lowest BCUT2D eigenvalue weighted by atomic mass is 9.92. The van der Waals surface area contributed by atoms with E-state index in [1.807, 2.05) is 24.3 Å². The van der Waals surface area contributed by atoms with Crippen LogP contribution in [0.1, 0.15) is 11.1 Å². The number of hydrogen-bond acceptors (Lipinski definition) is 4. The monoisotopic (exact) mass is 979 g/mol. The average molecular weight is 980 g/mol. The van der Waals surface area contributed by atoms with Gasteiger partial charge in [0.05, 0.1) is 80.9 Å². The third-order valence-electron chi connectivity index (χ3n) is 14.7. The summed E-state index contributed by atoms with van der Waals surface area (Å²) in [5.41, 5.74) is 15.2. The number of nitrogens with zero attached hydrogens (tertiary/aromatic N) is 9. The summed E-state index contributed by atoms with van der Waals surface area (Å²) in [5.74, 6) is 0.319. The fraction of sp³-hybridized carbons (Fsp3) is 0. The first-order chi connectivity index (χ1) is 38.0. The van der Waals surface area contributed by atoms with Gasteiger partial charge in [0.15, 0.2) is 17.2 Å². The van der Waals surface area contributed by atoms with E-state index in [0.717, 1.165) is 66.5 Å². The molecule has 14 rings (SSSR count). The van der Waals surface area contributed by atoms with E-state index >= 15 is 0 Å². The Balaban J connectivity index is 0.918.